The summed E-state index contributed by atoms with van der Waals surface area (Å²) in [6.45, 7) is 1.85. The van der Waals surface area contributed by atoms with Crippen molar-refractivity contribution in [2.75, 3.05) is 7.11 Å². The Morgan fingerprint density at radius 3 is 2.46 bits per heavy atom. The van der Waals surface area contributed by atoms with E-state index in [2.05, 4.69) is 0 Å². The summed E-state index contributed by atoms with van der Waals surface area (Å²) in [7, 11) is 1.43. The van der Waals surface area contributed by atoms with E-state index in [9.17, 15) is 9.18 Å². The number of methoxy groups -OCH3 is 1. The molecular weight excluding hydrogens is 359 g/mol. The normalized spacial score (nSPS) is 11.5. The van der Waals surface area contributed by atoms with Crippen molar-refractivity contribution in [2.45, 2.75) is 6.92 Å². The van der Waals surface area contributed by atoms with Crippen LogP contribution in [-0.2, 0) is 0 Å². The molecule has 0 aliphatic heterocycles. The topological polar surface area (TPSA) is 52.6 Å². The second-order valence-electron chi connectivity index (χ2n) is 6.69. The van der Waals surface area contributed by atoms with Crippen LogP contribution in [0.25, 0.3) is 43.8 Å². The molecule has 0 unspecified atom stereocenters. The molecule has 0 saturated carbocycles. The molecular formula is C23H15FO4. The average Bonchev–Trinajstić information content (AvgIpc) is 3.13. The van der Waals surface area contributed by atoms with E-state index in [1.54, 1.807) is 30.5 Å². The summed E-state index contributed by atoms with van der Waals surface area (Å²) >= 11 is 0. The second kappa shape index (κ2) is 5.96. The summed E-state index contributed by atoms with van der Waals surface area (Å²) in [5, 5.41) is 2.98. The molecule has 5 heteroatoms. The van der Waals surface area contributed by atoms with Crippen LogP contribution in [0, 0.1) is 12.7 Å². The van der Waals surface area contributed by atoms with Gasteiger partial charge in [-0.25, -0.2) is 9.18 Å². The van der Waals surface area contributed by atoms with Gasteiger partial charge in [0.1, 0.15) is 11.2 Å². The number of furan rings is 1. The van der Waals surface area contributed by atoms with Gasteiger partial charge in [-0.3, -0.25) is 0 Å². The van der Waals surface area contributed by atoms with E-state index in [0.29, 0.717) is 22.1 Å². The van der Waals surface area contributed by atoms with E-state index in [4.69, 9.17) is 13.6 Å². The van der Waals surface area contributed by atoms with E-state index in [-0.39, 0.29) is 11.4 Å². The van der Waals surface area contributed by atoms with Gasteiger partial charge in [0, 0.05) is 21.9 Å². The highest BCUT2D eigenvalue weighted by molar-refractivity contribution is 6.12. The van der Waals surface area contributed by atoms with E-state index < -0.39 is 5.82 Å². The van der Waals surface area contributed by atoms with Gasteiger partial charge in [0.15, 0.2) is 11.6 Å². The van der Waals surface area contributed by atoms with Crippen molar-refractivity contribution >= 4 is 32.7 Å². The van der Waals surface area contributed by atoms with Crippen LogP contribution in [-0.4, -0.2) is 7.11 Å². The lowest BCUT2D eigenvalue weighted by Gasteiger charge is -2.07. The summed E-state index contributed by atoms with van der Waals surface area (Å²) in [6, 6.07) is 14.1. The lowest BCUT2D eigenvalue weighted by Crippen LogP contribution is -2.00. The van der Waals surface area contributed by atoms with Crippen LogP contribution < -0.4 is 10.4 Å². The van der Waals surface area contributed by atoms with Crippen LogP contribution in [0.5, 0.6) is 5.75 Å². The maximum absolute atomic E-state index is 14.2. The Morgan fingerprint density at radius 1 is 0.929 bits per heavy atom. The molecule has 2 aromatic heterocycles. The fourth-order valence-electron chi connectivity index (χ4n) is 3.75. The Hall–Kier alpha value is -3.60. The molecule has 28 heavy (non-hydrogen) atoms. The predicted molar refractivity (Wildman–Crippen MR) is 106 cm³/mol. The molecule has 2 heterocycles. The molecule has 0 N–H and O–H groups in total. The minimum absolute atomic E-state index is 0.186. The first-order chi connectivity index (χ1) is 13.6. The number of fused-ring (bicyclic) bond motifs is 4. The molecule has 138 valence electrons. The predicted octanol–water partition coefficient (Wildman–Crippen LogP) is 5.82. The van der Waals surface area contributed by atoms with Crippen LogP contribution in [0.4, 0.5) is 4.39 Å². The Kier molecular flexibility index (Phi) is 3.52. The van der Waals surface area contributed by atoms with E-state index in [1.165, 1.54) is 13.2 Å². The third-order valence-corrected chi connectivity index (χ3v) is 5.14. The number of hydrogen-bond acceptors (Lipinski definition) is 4. The van der Waals surface area contributed by atoms with Crippen molar-refractivity contribution in [2.24, 2.45) is 0 Å². The van der Waals surface area contributed by atoms with Crippen molar-refractivity contribution < 1.29 is 18.0 Å². The van der Waals surface area contributed by atoms with Crippen molar-refractivity contribution in [1.82, 2.24) is 0 Å². The van der Waals surface area contributed by atoms with Crippen molar-refractivity contribution in [3.8, 4) is 16.9 Å². The zero-order valence-corrected chi connectivity index (χ0v) is 15.2. The van der Waals surface area contributed by atoms with Gasteiger partial charge in [-0.1, -0.05) is 24.3 Å². The zero-order chi connectivity index (χ0) is 19.4. The molecule has 0 atom stereocenters. The summed E-state index contributed by atoms with van der Waals surface area (Å²) < 4.78 is 30.6. The standard InChI is InChI=1S/C23H15FO4/c1-12-21-17(18(11-27-21)13-7-8-20(26-2)19(24)9-13)10-16-14-5-3-4-6-15(14)23(25)28-22(12)16/h3-11H,1-2H3. The van der Waals surface area contributed by atoms with Crippen molar-refractivity contribution in [1.29, 1.82) is 0 Å². The van der Waals surface area contributed by atoms with Gasteiger partial charge < -0.3 is 13.6 Å². The third-order valence-electron chi connectivity index (χ3n) is 5.14. The number of benzene rings is 3. The zero-order valence-electron chi connectivity index (χ0n) is 15.2. The van der Waals surface area contributed by atoms with Gasteiger partial charge in [0.25, 0.3) is 0 Å². The molecule has 0 aliphatic rings. The molecule has 0 saturated heterocycles. The summed E-state index contributed by atoms with van der Waals surface area (Å²) in [5.74, 6) is -0.255. The van der Waals surface area contributed by atoms with E-state index >= 15 is 0 Å². The fourth-order valence-corrected chi connectivity index (χ4v) is 3.75. The lowest BCUT2D eigenvalue weighted by atomic mass is 9.99. The largest absolute Gasteiger partial charge is 0.494 e. The maximum atomic E-state index is 14.2. The molecule has 0 aliphatic carbocycles. The Morgan fingerprint density at radius 2 is 1.71 bits per heavy atom. The van der Waals surface area contributed by atoms with Gasteiger partial charge in [-0.05, 0) is 42.1 Å². The minimum atomic E-state index is -0.441. The number of hydrogen-bond donors (Lipinski definition) is 0. The van der Waals surface area contributed by atoms with Gasteiger partial charge in [0.05, 0.1) is 18.8 Å². The molecule has 0 spiro atoms. The lowest BCUT2D eigenvalue weighted by molar-refractivity contribution is 0.386. The Balaban J connectivity index is 1.88. The highest BCUT2D eigenvalue weighted by Crippen LogP contribution is 2.38. The summed E-state index contributed by atoms with van der Waals surface area (Å²) in [6.07, 6.45) is 1.60. The third kappa shape index (κ3) is 2.26. The van der Waals surface area contributed by atoms with Gasteiger partial charge in [-0.2, -0.15) is 0 Å². The van der Waals surface area contributed by atoms with Crippen LogP contribution in [0.1, 0.15) is 5.56 Å². The summed E-state index contributed by atoms with van der Waals surface area (Å²) in [5.41, 5.74) is 2.90. The number of halogens is 1. The smallest absolute Gasteiger partial charge is 0.344 e. The number of ether oxygens (including phenoxy) is 1. The van der Waals surface area contributed by atoms with Gasteiger partial charge in [0.2, 0.25) is 0 Å². The molecule has 5 aromatic rings. The number of rotatable bonds is 2. The van der Waals surface area contributed by atoms with E-state index in [1.807, 2.05) is 25.1 Å². The van der Waals surface area contributed by atoms with Crippen molar-refractivity contribution in [3.05, 3.63) is 76.6 Å². The van der Waals surface area contributed by atoms with Crippen LogP contribution in [0.15, 0.2) is 68.4 Å². The molecule has 4 nitrogen and oxygen atoms in total. The van der Waals surface area contributed by atoms with Crippen LogP contribution in [0.3, 0.4) is 0 Å². The monoisotopic (exact) mass is 374 g/mol. The molecule has 3 aromatic carbocycles. The first-order valence-corrected chi connectivity index (χ1v) is 8.78. The molecule has 0 radical (unpaired) electrons. The van der Waals surface area contributed by atoms with Crippen LogP contribution >= 0.6 is 0 Å². The summed E-state index contributed by atoms with van der Waals surface area (Å²) in [4.78, 5) is 12.4. The fraction of sp³-hybridized carbons (Fsp3) is 0.0870. The Labute approximate surface area is 158 Å². The molecule has 0 fully saturated rings. The van der Waals surface area contributed by atoms with Gasteiger partial charge in [-0.15, -0.1) is 0 Å². The quantitative estimate of drug-likeness (QED) is 0.289. The average molecular weight is 374 g/mol. The maximum Gasteiger partial charge on any atom is 0.344 e. The Bertz CT molecular complexity index is 1440. The minimum Gasteiger partial charge on any atom is -0.494 e. The molecule has 0 amide bonds. The highest BCUT2D eigenvalue weighted by Gasteiger charge is 2.18. The SMILES string of the molecule is COc1ccc(-c2coc3c(C)c4oc(=O)c5ccccc5c4cc23)cc1F. The first kappa shape index (κ1) is 16.6. The molecule has 5 rings (SSSR count). The van der Waals surface area contributed by atoms with Gasteiger partial charge >= 0.3 is 5.63 Å². The van der Waals surface area contributed by atoms with E-state index in [0.717, 1.165) is 27.3 Å². The van der Waals surface area contributed by atoms with Crippen molar-refractivity contribution in [3.63, 3.8) is 0 Å². The first-order valence-electron chi connectivity index (χ1n) is 8.78. The number of aryl methyl sites for hydroxylation is 1. The van der Waals surface area contributed by atoms with Crippen LogP contribution in [0.2, 0.25) is 0 Å². The second-order valence-corrected chi connectivity index (χ2v) is 6.69. The highest BCUT2D eigenvalue weighted by atomic mass is 19.1. The molecule has 0 bridgehead atoms.